The molecule has 0 aromatic heterocycles. The average molecular weight is 353 g/mol. The summed E-state index contributed by atoms with van der Waals surface area (Å²) in [6.07, 6.45) is 2.16. The van der Waals surface area contributed by atoms with Crippen LogP contribution in [0.15, 0.2) is 28.7 Å². The summed E-state index contributed by atoms with van der Waals surface area (Å²) in [6.45, 7) is 3.93. The minimum absolute atomic E-state index is 0.0960. The van der Waals surface area contributed by atoms with Crippen LogP contribution < -0.4 is 0 Å². The molecular formula is C16H21BrN2O2. The number of halogens is 1. The van der Waals surface area contributed by atoms with Crippen molar-refractivity contribution in [1.82, 2.24) is 9.80 Å². The molecule has 2 aliphatic rings. The monoisotopic (exact) mass is 352 g/mol. The Labute approximate surface area is 133 Å². The van der Waals surface area contributed by atoms with E-state index >= 15 is 0 Å². The van der Waals surface area contributed by atoms with Gasteiger partial charge in [0.15, 0.2) is 0 Å². The van der Waals surface area contributed by atoms with Gasteiger partial charge in [-0.3, -0.25) is 9.69 Å². The summed E-state index contributed by atoms with van der Waals surface area (Å²) in [5.41, 5.74) is 0.732. The van der Waals surface area contributed by atoms with Crippen molar-refractivity contribution in [3.8, 4) is 0 Å². The molecule has 1 unspecified atom stereocenters. The van der Waals surface area contributed by atoms with E-state index in [-0.39, 0.29) is 12.0 Å². The number of amides is 1. The fourth-order valence-electron chi connectivity index (χ4n) is 2.83. The van der Waals surface area contributed by atoms with Crippen LogP contribution in [0.4, 0.5) is 0 Å². The number of β-amino-alcohol motifs (C(OH)–C–C–N with tert-alkyl or cyclic N) is 1. The molecule has 1 saturated carbocycles. The number of carbonyl (C=O) groups is 1. The molecule has 1 aliphatic carbocycles. The summed E-state index contributed by atoms with van der Waals surface area (Å²) in [5.74, 6) is 0.616. The quantitative estimate of drug-likeness (QED) is 0.900. The van der Waals surface area contributed by atoms with E-state index in [1.165, 1.54) is 12.8 Å². The maximum Gasteiger partial charge on any atom is 0.253 e. The van der Waals surface area contributed by atoms with Crippen LogP contribution in [-0.4, -0.2) is 59.6 Å². The first-order valence-electron chi connectivity index (χ1n) is 7.59. The molecule has 1 N–H and O–H groups in total. The largest absolute Gasteiger partial charge is 0.392 e. The maximum atomic E-state index is 12.4. The molecule has 1 aromatic carbocycles. The Morgan fingerprint density at radius 1 is 1.29 bits per heavy atom. The zero-order chi connectivity index (χ0) is 14.8. The molecule has 0 bridgehead atoms. The summed E-state index contributed by atoms with van der Waals surface area (Å²) >= 11 is 3.40. The number of benzene rings is 1. The van der Waals surface area contributed by atoms with Gasteiger partial charge in [-0.25, -0.2) is 0 Å². The molecule has 114 valence electrons. The highest BCUT2D eigenvalue weighted by Gasteiger charge is 2.32. The van der Waals surface area contributed by atoms with Gasteiger partial charge in [-0.1, -0.05) is 22.0 Å². The van der Waals surface area contributed by atoms with Crippen molar-refractivity contribution >= 4 is 21.8 Å². The van der Waals surface area contributed by atoms with Gasteiger partial charge in [0.25, 0.3) is 5.91 Å². The highest BCUT2D eigenvalue weighted by molar-refractivity contribution is 9.10. The first-order valence-corrected chi connectivity index (χ1v) is 8.38. The number of hydrogen-bond acceptors (Lipinski definition) is 3. The predicted octanol–water partition coefficient (Wildman–Crippen LogP) is 1.98. The number of piperazine rings is 1. The van der Waals surface area contributed by atoms with Crippen molar-refractivity contribution < 1.29 is 9.90 Å². The zero-order valence-electron chi connectivity index (χ0n) is 12.0. The van der Waals surface area contributed by atoms with E-state index in [9.17, 15) is 9.90 Å². The predicted molar refractivity (Wildman–Crippen MR) is 85.2 cm³/mol. The molecule has 21 heavy (non-hydrogen) atoms. The summed E-state index contributed by atoms with van der Waals surface area (Å²) < 4.78 is 0.930. The Balaban J connectivity index is 1.51. The van der Waals surface area contributed by atoms with Gasteiger partial charge < -0.3 is 10.0 Å². The van der Waals surface area contributed by atoms with Crippen LogP contribution in [0, 0.1) is 5.92 Å². The third kappa shape index (κ3) is 3.84. The highest BCUT2D eigenvalue weighted by atomic mass is 79.9. The number of aliphatic hydroxyl groups is 1. The smallest absolute Gasteiger partial charge is 0.253 e. The van der Waals surface area contributed by atoms with E-state index in [1.807, 2.05) is 29.2 Å². The van der Waals surface area contributed by atoms with Gasteiger partial charge in [-0.2, -0.15) is 0 Å². The van der Waals surface area contributed by atoms with E-state index < -0.39 is 0 Å². The van der Waals surface area contributed by atoms with Crippen LogP contribution in [0.1, 0.15) is 23.2 Å². The van der Waals surface area contributed by atoms with Crippen LogP contribution in [0.3, 0.4) is 0 Å². The van der Waals surface area contributed by atoms with Gasteiger partial charge in [0.1, 0.15) is 0 Å². The molecule has 0 spiro atoms. The molecule has 4 nitrogen and oxygen atoms in total. The lowest BCUT2D eigenvalue weighted by atomic mass is 10.1. The highest BCUT2D eigenvalue weighted by Crippen LogP contribution is 2.32. The Kier molecular flexibility index (Phi) is 4.62. The minimum atomic E-state index is -0.183. The lowest BCUT2D eigenvalue weighted by Crippen LogP contribution is -2.50. The number of nitrogens with zero attached hydrogens (tertiary/aromatic N) is 2. The van der Waals surface area contributed by atoms with Gasteiger partial charge in [0, 0.05) is 42.8 Å². The fourth-order valence-corrected chi connectivity index (χ4v) is 3.23. The summed E-state index contributed by atoms with van der Waals surface area (Å²) in [6, 6.07) is 7.54. The van der Waals surface area contributed by atoms with Gasteiger partial charge in [-0.15, -0.1) is 0 Å². The molecule has 1 saturated heterocycles. The first-order chi connectivity index (χ1) is 10.1. The molecule has 3 rings (SSSR count). The molecule has 1 atom stereocenters. The van der Waals surface area contributed by atoms with Crippen LogP contribution in [-0.2, 0) is 0 Å². The lowest BCUT2D eigenvalue weighted by molar-refractivity contribution is 0.0488. The lowest BCUT2D eigenvalue weighted by Gasteiger charge is -2.35. The van der Waals surface area contributed by atoms with Crippen molar-refractivity contribution in [2.75, 3.05) is 32.7 Å². The molecule has 1 aromatic rings. The van der Waals surface area contributed by atoms with Crippen LogP contribution in [0.25, 0.3) is 0 Å². The molecule has 5 heteroatoms. The molecular weight excluding hydrogens is 332 g/mol. The van der Waals surface area contributed by atoms with Crippen molar-refractivity contribution in [2.24, 2.45) is 5.92 Å². The molecule has 1 aliphatic heterocycles. The standard InChI is InChI=1S/C16H21BrN2O2/c17-14-3-1-2-13(10-14)16(21)19-8-6-18(7-9-19)11-15(20)12-4-5-12/h1-3,10,12,15,20H,4-9,11H2. The third-order valence-corrected chi connectivity index (χ3v) is 4.84. The van der Waals surface area contributed by atoms with E-state index in [0.717, 1.165) is 42.8 Å². The van der Waals surface area contributed by atoms with Crippen LogP contribution in [0.2, 0.25) is 0 Å². The van der Waals surface area contributed by atoms with Gasteiger partial charge >= 0.3 is 0 Å². The maximum absolute atomic E-state index is 12.4. The first kappa shape index (κ1) is 15.0. The van der Waals surface area contributed by atoms with Crippen molar-refractivity contribution in [2.45, 2.75) is 18.9 Å². The normalized spacial score (nSPS) is 21.3. The van der Waals surface area contributed by atoms with E-state index in [4.69, 9.17) is 0 Å². The van der Waals surface area contributed by atoms with E-state index in [1.54, 1.807) is 0 Å². The van der Waals surface area contributed by atoms with Crippen molar-refractivity contribution in [1.29, 1.82) is 0 Å². The topological polar surface area (TPSA) is 43.8 Å². The molecule has 2 fully saturated rings. The Morgan fingerprint density at radius 3 is 2.62 bits per heavy atom. The van der Waals surface area contributed by atoms with Crippen molar-refractivity contribution in [3.63, 3.8) is 0 Å². The fraction of sp³-hybridized carbons (Fsp3) is 0.562. The molecule has 0 radical (unpaired) electrons. The van der Waals surface area contributed by atoms with E-state index in [0.29, 0.717) is 5.92 Å². The SMILES string of the molecule is O=C(c1cccc(Br)c1)N1CCN(CC(O)C2CC2)CC1. The number of carbonyl (C=O) groups excluding carboxylic acids is 1. The van der Waals surface area contributed by atoms with Crippen LogP contribution >= 0.6 is 15.9 Å². The Bertz CT molecular complexity index is 511. The second-order valence-electron chi connectivity index (χ2n) is 6.01. The average Bonchev–Trinajstić information content (AvgIpc) is 3.32. The zero-order valence-corrected chi connectivity index (χ0v) is 13.6. The second-order valence-corrected chi connectivity index (χ2v) is 6.92. The van der Waals surface area contributed by atoms with E-state index in [2.05, 4.69) is 20.8 Å². The second kappa shape index (κ2) is 6.46. The van der Waals surface area contributed by atoms with Gasteiger partial charge in [0.2, 0.25) is 0 Å². The summed E-state index contributed by atoms with van der Waals surface area (Å²) in [7, 11) is 0. The third-order valence-electron chi connectivity index (χ3n) is 4.34. The molecule has 1 heterocycles. The van der Waals surface area contributed by atoms with Crippen LogP contribution in [0.5, 0.6) is 0 Å². The van der Waals surface area contributed by atoms with Gasteiger partial charge in [0.05, 0.1) is 6.10 Å². The van der Waals surface area contributed by atoms with Crippen molar-refractivity contribution in [3.05, 3.63) is 34.3 Å². The Hall–Kier alpha value is -0.910. The number of aliphatic hydroxyl groups excluding tert-OH is 1. The summed E-state index contributed by atoms with van der Waals surface area (Å²) in [4.78, 5) is 16.6. The molecule has 1 amide bonds. The summed E-state index contributed by atoms with van der Waals surface area (Å²) in [5, 5.41) is 10.00. The Morgan fingerprint density at radius 2 is 2.00 bits per heavy atom. The number of rotatable bonds is 4. The minimum Gasteiger partial charge on any atom is -0.392 e. The van der Waals surface area contributed by atoms with Gasteiger partial charge in [-0.05, 0) is 37.0 Å². The number of hydrogen-bond donors (Lipinski definition) is 1.